The largest absolute Gasteiger partial charge is 0.477 e. The van der Waals surface area contributed by atoms with Crippen molar-refractivity contribution in [1.82, 2.24) is 25.4 Å². The highest BCUT2D eigenvalue weighted by Gasteiger charge is 2.16. The van der Waals surface area contributed by atoms with Crippen LogP contribution in [0.15, 0.2) is 51.6 Å². The molecule has 0 fully saturated rings. The van der Waals surface area contributed by atoms with Crippen LogP contribution < -0.4 is 11.1 Å². The Kier molecular flexibility index (Phi) is 5.58. The van der Waals surface area contributed by atoms with Crippen molar-refractivity contribution in [3.63, 3.8) is 0 Å². The van der Waals surface area contributed by atoms with Crippen LogP contribution in [0, 0.1) is 0 Å². The summed E-state index contributed by atoms with van der Waals surface area (Å²) in [6.07, 6.45) is 9.50. The van der Waals surface area contributed by atoms with Gasteiger partial charge in [0.1, 0.15) is 12.0 Å². The fraction of sp³-hybridized carbons (Fsp3) is 0.222. The molecular weight excluding hydrogens is 366 g/mol. The number of aromatic nitrogens is 4. The van der Waals surface area contributed by atoms with Crippen LogP contribution in [-0.4, -0.2) is 43.1 Å². The highest BCUT2D eigenvalue weighted by atomic mass is 16.5. The van der Waals surface area contributed by atoms with E-state index in [9.17, 15) is 14.4 Å². The molecule has 0 aromatic carbocycles. The van der Waals surface area contributed by atoms with E-state index >= 15 is 0 Å². The number of hydrogen-bond donors (Lipinski definition) is 3. The number of carboxylic acid groups (broad SMARTS) is 1. The maximum Gasteiger partial charge on any atom is 0.439 e. The molecule has 28 heavy (non-hydrogen) atoms. The highest BCUT2D eigenvalue weighted by Crippen LogP contribution is 2.19. The second-order valence-electron chi connectivity index (χ2n) is 6.15. The van der Waals surface area contributed by atoms with Crippen LogP contribution in [0.5, 0.6) is 0 Å². The van der Waals surface area contributed by atoms with E-state index in [1.807, 2.05) is 13.0 Å². The van der Waals surface area contributed by atoms with Gasteiger partial charge in [0.15, 0.2) is 11.5 Å². The number of carbonyl (C=O) groups excluding carboxylic acids is 1. The van der Waals surface area contributed by atoms with Gasteiger partial charge in [-0.05, 0) is 19.8 Å². The molecule has 1 atom stereocenters. The predicted molar refractivity (Wildman–Crippen MR) is 97.5 cm³/mol. The number of nitrogens with one attached hydrogen (secondary N) is 2. The number of carboxylic acids is 1. The quantitative estimate of drug-likeness (QED) is 0.715. The van der Waals surface area contributed by atoms with Crippen molar-refractivity contribution in [3.8, 4) is 0 Å². The molecule has 3 N–H and O–H groups in total. The monoisotopic (exact) mass is 383 g/mol. The van der Waals surface area contributed by atoms with Gasteiger partial charge in [0.25, 0.3) is 5.91 Å². The van der Waals surface area contributed by atoms with Gasteiger partial charge in [-0.2, -0.15) is 0 Å². The van der Waals surface area contributed by atoms with E-state index in [-0.39, 0.29) is 17.4 Å². The van der Waals surface area contributed by atoms with Gasteiger partial charge in [-0.1, -0.05) is 35.0 Å². The molecule has 1 aliphatic rings. The van der Waals surface area contributed by atoms with Crippen molar-refractivity contribution in [2.45, 2.75) is 25.8 Å². The number of rotatable bonds is 4. The zero-order chi connectivity index (χ0) is 20.1. The molecule has 1 aliphatic carbocycles. The Hall–Kier alpha value is -3.82. The van der Waals surface area contributed by atoms with E-state index in [1.165, 1.54) is 0 Å². The molecule has 0 saturated heterocycles. The second kappa shape index (κ2) is 8.25. The van der Waals surface area contributed by atoms with Gasteiger partial charge in [0.05, 0.1) is 0 Å². The van der Waals surface area contributed by atoms with E-state index in [1.54, 1.807) is 18.2 Å². The molecule has 3 rings (SSSR count). The minimum absolute atomic E-state index is 0.0238. The molecule has 2 aromatic rings. The SMILES string of the molecule is C\C1=C/C(c2noc(=O)[nH]2)=C\C=C\[C@@H](NC(=O)c2cc(C(=O)O)ncn2)CC1. The van der Waals surface area contributed by atoms with Crippen molar-refractivity contribution in [2.75, 3.05) is 0 Å². The van der Waals surface area contributed by atoms with E-state index in [0.29, 0.717) is 24.2 Å². The van der Waals surface area contributed by atoms with Gasteiger partial charge < -0.3 is 10.4 Å². The van der Waals surface area contributed by atoms with Gasteiger partial charge in [-0.25, -0.2) is 19.6 Å². The Balaban J connectivity index is 1.78. The number of nitrogens with zero attached hydrogens (tertiary/aromatic N) is 3. The zero-order valence-corrected chi connectivity index (χ0v) is 14.9. The summed E-state index contributed by atoms with van der Waals surface area (Å²) in [5, 5.41) is 15.5. The molecule has 2 heterocycles. The molecular formula is C18H17N5O5. The number of aromatic carboxylic acids is 1. The number of aromatic amines is 1. The van der Waals surface area contributed by atoms with Crippen LogP contribution in [0.25, 0.3) is 5.57 Å². The first-order chi connectivity index (χ1) is 13.4. The Morgan fingerprint density at radius 1 is 1.32 bits per heavy atom. The predicted octanol–water partition coefficient (Wildman–Crippen LogP) is 1.33. The number of allylic oxidation sites excluding steroid dienone is 5. The summed E-state index contributed by atoms with van der Waals surface area (Å²) in [5.41, 5.74) is 1.42. The normalized spacial score (nSPS) is 21.8. The average Bonchev–Trinajstić information content (AvgIpc) is 3.13. The lowest BCUT2D eigenvalue weighted by Crippen LogP contribution is -2.34. The summed E-state index contributed by atoms with van der Waals surface area (Å²) in [6.45, 7) is 1.93. The van der Waals surface area contributed by atoms with Crippen LogP contribution in [-0.2, 0) is 0 Å². The average molecular weight is 383 g/mol. The lowest BCUT2D eigenvalue weighted by Gasteiger charge is -2.14. The summed E-state index contributed by atoms with van der Waals surface area (Å²) < 4.78 is 4.54. The summed E-state index contributed by atoms with van der Waals surface area (Å²) in [7, 11) is 0. The van der Waals surface area contributed by atoms with Crippen molar-refractivity contribution in [2.24, 2.45) is 0 Å². The van der Waals surface area contributed by atoms with E-state index in [0.717, 1.165) is 18.0 Å². The molecule has 10 nitrogen and oxygen atoms in total. The Labute approximate surface area is 158 Å². The molecule has 1 amide bonds. The Morgan fingerprint density at radius 3 is 2.82 bits per heavy atom. The Morgan fingerprint density at radius 2 is 2.11 bits per heavy atom. The van der Waals surface area contributed by atoms with Gasteiger partial charge in [0, 0.05) is 17.7 Å². The van der Waals surface area contributed by atoms with Crippen LogP contribution >= 0.6 is 0 Å². The highest BCUT2D eigenvalue weighted by molar-refractivity contribution is 5.95. The third kappa shape index (κ3) is 4.67. The summed E-state index contributed by atoms with van der Waals surface area (Å²) in [5.74, 6) is -2.05. The van der Waals surface area contributed by atoms with Crippen molar-refractivity contribution in [3.05, 3.63) is 70.0 Å². The third-order valence-corrected chi connectivity index (χ3v) is 4.02. The molecule has 0 bridgehead atoms. The molecule has 10 heteroatoms. The maximum absolute atomic E-state index is 12.4. The van der Waals surface area contributed by atoms with E-state index < -0.39 is 17.6 Å². The van der Waals surface area contributed by atoms with Crippen LogP contribution in [0.1, 0.15) is 46.6 Å². The van der Waals surface area contributed by atoms with Gasteiger partial charge in [-0.3, -0.25) is 14.3 Å². The molecule has 0 unspecified atom stereocenters. The van der Waals surface area contributed by atoms with Gasteiger partial charge >= 0.3 is 11.7 Å². The molecule has 2 aromatic heterocycles. The summed E-state index contributed by atoms with van der Waals surface area (Å²) >= 11 is 0. The van der Waals surface area contributed by atoms with E-state index in [2.05, 4.69) is 29.9 Å². The van der Waals surface area contributed by atoms with Crippen LogP contribution in [0.2, 0.25) is 0 Å². The minimum atomic E-state index is -1.23. The molecule has 0 aliphatic heterocycles. The number of H-pyrrole nitrogens is 1. The zero-order valence-electron chi connectivity index (χ0n) is 14.9. The Bertz CT molecular complexity index is 1050. The number of carbonyl (C=O) groups is 2. The van der Waals surface area contributed by atoms with Gasteiger partial charge in [-0.15, -0.1) is 0 Å². The first kappa shape index (κ1) is 19.0. The topological polar surface area (TPSA) is 151 Å². The van der Waals surface area contributed by atoms with Crippen LogP contribution in [0.4, 0.5) is 0 Å². The second-order valence-corrected chi connectivity index (χ2v) is 6.15. The lowest BCUT2D eigenvalue weighted by atomic mass is 10.0. The molecule has 0 spiro atoms. The first-order valence-corrected chi connectivity index (χ1v) is 8.40. The molecule has 0 saturated carbocycles. The van der Waals surface area contributed by atoms with Crippen LogP contribution in [0.3, 0.4) is 0 Å². The molecule has 144 valence electrons. The van der Waals surface area contributed by atoms with E-state index in [4.69, 9.17) is 5.11 Å². The van der Waals surface area contributed by atoms with Crippen molar-refractivity contribution in [1.29, 1.82) is 0 Å². The summed E-state index contributed by atoms with van der Waals surface area (Å²) in [4.78, 5) is 44.5. The fourth-order valence-corrected chi connectivity index (χ4v) is 2.62. The third-order valence-electron chi connectivity index (χ3n) is 4.02. The summed E-state index contributed by atoms with van der Waals surface area (Å²) in [6, 6.07) is 0.826. The maximum atomic E-state index is 12.4. The lowest BCUT2D eigenvalue weighted by molar-refractivity contribution is 0.0690. The fourth-order valence-electron chi connectivity index (χ4n) is 2.62. The van der Waals surface area contributed by atoms with Crippen molar-refractivity contribution >= 4 is 17.4 Å². The standard InChI is InChI=1S/C18H17N5O5/c1-10-5-6-12(4-2-3-11(7-10)15-22-18(27)28-23-15)21-16(24)13-8-14(17(25)26)20-9-19-13/h2-4,7-9,12H,5-6H2,1H3,(H,21,24)(H,25,26)(H,22,23,27)/b4-2+,10-7+,11-3+/t12-/m1/s1. The smallest absolute Gasteiger partial charge is 0.439 e. The van der Waals surface area contributed by atoms with Crippen molar-refractivity contribution < 1.29 is 19.2 Å². The number of hydrogen-bond acceptors (Lipinski definition) is 7. The first-order valence-electron chi connectivity index (χ1n) is 8.40. The minimum Gasteiger partial charge on any atom is -0.477 e. The molecule has 0 radical (unpaired) electrons. The van der Waals surface area contributed by atoms with Gasteiger partial charge in [0.2, 0.25) is 0 Å². The number of amides is 1.